The molecule has 1 heterocycles. The number of hydrogen-bond donors (Lipinski definition) is 2. The van der Waals surface area contributed by atoms with Crippen molar-refractivity contribution in [2.24, 2.45) is 0 Å². The second-order valence-electron chi connectivity index (χ2n) is 6.42. The normalized spacial score (nSPS) is 17.5. The molecule has 1 unspecified atom stereocenters. The molecule has 0 saturated heterocycles. The zero-order valence-corrected chi connectivity index (χ0v) is 17.2. The van der Waals surface area contributed by atoms with E-state index in [-0.39, 0.29) is 12.2 Å². The summed E-state index contributed by atoms with van der Waals surface area (Å²) in [5.41, 5.74) is 1.54. The van der Waals surface area contributed by atoms with E-state index < -0.39 is 24.0 Å². The first kappa shape index (κ1) is 20.5. The van der Waals surface area contributed by atoms with Crippen LogP contribution in [0.4, 0.5) is 14.9 Å². The number of aliphatic hydroxyl groups is 1. The molecular formula is C20H17BrClFN2O3. The van der Waals surface area contributed by atoms with Gasteiger partial charge in [0.05, 0.1) is 17.8 Å². The Morgan fingerprint density at radius 3 is 2.68 bits per heavy atom. The van der Waals surface area contributed by atoms with Crippen LogP contribution in [0, 0.1) is 5.82 Å². The Morgan fingerprint density at radius 1 is 1.36 bits per heavy atom. The van der Waals surface area contributed by atoms with Crippen LogP contribution in [0.5, 0.6) is 0 Å². The van der Waals surface area contributed by atoms with Crippen LogP contribution in [0.15, 0.2) is 53.1 Å². The van der Waals surface area contributed by atoms with Gasteiger partial charge in [-0.25, -0.2) is 9.18 Å². The molecule has 8 heteroatoms. The van der Waals surface area contributed by atoms with E-state index in [0.717, 1.165) is 0 Å². The molecule has 2 amide bonds. The second kappa shape index (κ2) is 8.43. The summed E-state index contributed by atoms with van der Waals surface area (Å²) in [6.45, 7) is 1.57. The molecule has 1 aliphatic heterocycles. The van der Waals surface area contributed by atoms with Gasteiger partial charge in [-0.3, -0.25) is 9.69 Å². The third-order valence-electron chi connectivity index (χ3n) is 4.42. The fraction of sp³-hybridized carbons (Fsp3) is 0.200. The molecule has 0 bridgehead atoms. The van der Waals surface area contributed by atoms with Crippen molar-refractivity contribution in [2.75, 3.05) is 5.32 Å². The van der Waals surface area contributed by atoms with E-state index >= 15 is 0 Å². The summed E-state index contributed by atoms with van der Waals surface area (Å²) in [6, 6.07) is 7.83. The van der Waals surface area contributed by atoms with Gasteiger partial charge in [0, 0.05) is 27.7 Å². The molecule has 0 aromatic heterocycles. The Balaban J connectivity index is 1.89. The highest BCUT2D eigenvalue weighted by molar-refractivity contribution is 9.10. The van der Waals surface area contributed by atoms with Gasteiger partial charge in [0.25, 0.3) is 0 Å². The average molecular weight is 468 g/mol. The Morgan fingerprint density at radius 2 is 2.04 bits per heavy atom. The summed E-state index contributed by atoms with van der Waals surface area (Å²) in [5.74, 6) is -0.518. The number of ketones is 1. The number of urea groups is 1. The van der Waals surface area contributed by atoms with Crippen LogP contribution < -0.4 is 5.32 Å². The van der Waals surface area contributed by atoms with Gasteiger partial charge < -0.3 is 10.4 Å². The molecule has 2 N–H and O–H groups in total. The molecule has 2 aromatic carbocycles. The van der Waals surface area contributed by atoms with Gasteiger partial charge in [-0.05, 0) is 58.8 Å². The number of carbonyl (C=O) groups excluding carboxylic acids is 2. The summed E-state index contributed by atoms with van der Waals surface area (Å²) in [4.78, 5) is 26.2. The highest BCUT2D eigenvalue weighted by atomic mass is 79.9. The van der Waals surface area contributed by atoms with E-state index in [1.54, 1.807) is 31.2 Å². The second-order valence-corrected chi connectivity index (χ2v) is 7.68. The third-order valence-corrected chi connectivity index (χ3v) is 5.40. The number of halogens is 3. The number of aliphatic hydroxyl groups excluding tert-OH is 1. The summed E-state index contributed by atoms with van der Waals surface area (Å²) < 4.78 is 13.8. The van der Waals surface area contributed by atoms with Gasteiger partial charge in [-0.1, -0.05) is 23.7 Å². The lowest BCUT2D eigenvalue weighted by Gasteiger charge is -2.31. The molecule has 3 rings (SSSR count). The molecule has 0 aliphatic carbocycles. The number of anilines is 1. The molecular weight excluding hydrogens is 451 g/mol. The third kappa shape index (κ3) is 4.43. The van der Waals surface area contributed by atoms with Crippen LogP contribution >= 0.6 is 27.5 Å². The first-order valence-electron chi connectivity index (χ1n) is 8.49. The van der Waals surface area contributed by atoms with Crippen LogP contribution in [0.2, 0.25) is 5.02 Å². The van der Waals surface area contributed by atoms with Crippen LogP contribution in [0.1, 0.15) is 36.6 Å². The van der Waals surface area contributed by atoms with Crippen molar-refractivity contribution in [3.05, 3.63) is 75.1 Å². The van der Waals surface area contributed by atoms with Crippen LogP contribution in [-0.2, 0) is 4.79 Å². The van der Waals surface area contributed by atoms with E-state index in [1.807, 2.05) is 0 Å². The molecule has 1 aliphatic rings. The van der Waals surface area contributed by atoms with E-state index in [1.165, 1.54) is 29.3 Å². The van der Waals surface area contributed by atoms with E-state index in [4.69, 9.17) is 11.6 Å². The Hall–Kier alpha value is -2.22. The predicted octanol–water partition coefficient (Wildman–Crippen LogP) is 5.36. The maximum atomic E-state index is 13.2. The van der Waals surface area contributed by atoms with Crippen molar-refractivity contribution < 1.29 is 19.1 Å². The van der Waals surface area contributed by atoms with E-state index in [2.05, 4.69) is 21.2 Å². The molecule has 0 radical (unpaired) electrons. The topological polar surface area (TPSA) is 69.6 Å². The average Bonchev–Trinajstić information content (AvgIpc) is 2.64. The van der Waals surface area contributed by atoms with Crippen molar-refractivity contribution in [3.63, 3.8) is 0 Å². The molecule has 0 fully saturated rings. The lowest BCUT2D eigenvalue weighted by atomic mass is 9.97. The SMILES string of the molecule is C[C@H](O)c1cc(NC(=O)N2C=CC(=O)CC2c2ccc(F)cc2)c(Br)cc1Cl. The fourth-order valence-electron chi connectivity index (χ4n) is 2.96. The number of nitrogens with one attached hydrogen (secondary N) is 1. The molecule has 28 heavy (non-hydrogen) atoms. The molecule has 146 valence electrons. The van der Waals surface area contributed by atoms with Crippen LogP contribution in [-0.4, -0.2) is 21.8 Å². The minimum atomic E-state index is -0.810. The predicted molar refractivity (Wildman–Crippen MR) is 109 cm³/mol. The fourth-order valence-corrected chi connectivity index (χ4v) is 3.85. The highest BCUT2D eigenvalue weighted by Gasteiger charge is 2.29. The van der Waals surface area contributed by atoms with Gasteiger partial charge >= 0.3 is 6.03 Å². The molecule has 0 saturated carbocycles. The molecule has 2 atom stereocenters. The van der Waals surface area contributed by atoms with Crippen molar-refractivity contribution in [2.45, 2.75) is 25.5 Å². The lowest BCUT2D eigenvalue weighted by molar-refractivity contribution is -0.116. The lowest BCUT2D eigenvalue weighted by Crippen LogP contribution is -2.37. The number of nitrogens with zero attached hydrogens (tertiary/aromatic N) is 1. The zero-order chi connectivity index (χ0) is 20.4. The Kier molecular flexibility index (Phi) is 6.17. The maximum absolute atomic E-state index is 13.2. The number of hydrogen-bond acceptors (Lipinski definition) is 3. The van der Waals surface area contributed by atoms with Gasteiger partial charge in [0.2, 0.25) is 0 Å². The summed E-state index contributed by atoms with van der Waals surface area (Å²) in [6.07, 6.45) is 2.03. The van der Waals surface area contributed by atoms with Crippen molar-refractivity contribution >= 4 is 45.0 Å². The number of amides is 2. The molecule has 5 nitrogen and oxygen atoms in total. The molecule has 0 spiro atoms. The standard InChI is InChI=1S/C20H17BrClFN2O3/c1-11(26)15-9-18(16(21)10-17(15)22)24-20(28)25-7-6-14(27)8-19(25)12-2-4-13(23)5-3-12/h2-7,9-11,19,26H,8H2,1H3,(H,24,28)/t11-,19?/m0/s1. The minimum Gasteiger partial charge on any atom is -0.389 e. The first-order chi connectivity index (χ1) is 13.3. The largest absolute Gasteiger partial charge is 0.389 e. The number of carbonyl (C=O) groups is 2. The number of allylic oxidation sites excluding steroid dienone is 1. The van der Waals surface area contributed by atoms with Gasteiger partial charge in [-0.15, -0.1) is 0 Å². The van der Waals surface area contributed by atoms with Crippen LogP contribution in [0.25, 0.3) is 0 Å². The summed E-state index contributed by atoms with van der Waals surface area (Å²) in [7, 11) is 0. The van der Waals surface area contributed by atoms with Gasteiger partial charge in [-0.2, -0.15) is 0 Å². The minimum absolute atomic E-state index is 0.0935. The quantitative estimate of drug-likeness (QED) is 0.639. The number of benzene rings is 2. The summed E-state index contributed by atoms with van der Waals surface area (Å²) >= 11 is 9.47. The molecule has 2 aromatic rings. The van der Waals surface area contributed by atoms with Crippen LogP contribution in [0.3, 0.4) is 0 Å². The van der Waals surface area contributed by atoms with Crippen molar-refractivity contribution in [1.29, 1.82) is 0 Å². The summed E-state index contributed by atoms with van der Waals surface area (Å²) in [5, 5.41) is 13.0. The first-order valence-corrected chi connectivity index (χ1v) is 9.66. The van der Waals surface area contributed by atoms with Crippen molar-refractivity contribution in [1.82, 2.24) is 4.90 Å². The monoisotopic (exact) mass is 466 g/mol. The van der Waals surface area contributed by atoms with E-state index in [0.29, 0.717) is 26.3 Å². The van der Waals surface area contributed by atoms with Crippen molar-refractivity contribution in [3.8, 4) is 0 Å². The zero-order valence-electron chi connectivity index (χ0n) is 14.8. The Bertz CT molecular complexity index is 947. The maximum Gasteiger partial charge on any atom is 0.326 e. The number of rotatable bonds is 3. The van der Waals surface area contributed by atoms with Gasteiger partial charge in [0.15, 0.2) is 5.78 Å². The highest BCUT2D eigenvalue weighted by Crippen LogP contribution is 2.34. The van der Waals surface area contributed by atoms with E-state index in [9.17, 15) is 19.1 Å². The smallest absolute Gasteiger partial charge is 0.326 e. The Labute approximate surface area is 174 Å². The van der Waals surface area contributed by atoms with Gasteiger partial charge in [0.1, 0.15) is 5.82 Å².